The average molecular weight is 210 g/mol. The molecule has 0 aliphatic rings. The summed E-state index contributed by atoms with van der Waals surface area (Å²) in [5.74, 6) is 1.19. The maximum absolute atomic E-state index is 9.32. The topological polar surface area (TPSA) is 20.2 Å². The number of aliphatic hydroxyl groups excluding tert-OH is 1. The molecule has 2 heteroatoms. The SMILES string of the molecule is CCCCSc1ccc([C@H](C)O)cc1. The van der Waals surface area contributed by atoms with E-state index in [2.05, 4.69) is 19.1 Å². The Morgan fingerprint density at radius 1 is 1.29 bits per heavy atom. The van der Waals surface area contributed by atoms with Crippen molar-refractivity contribution in [1.82, 2.24) is 0 Å². The van der Waals surface area contributed by atoms with Gasteiger partial charge in [0.25, 0.3) is 0 Å². The molecular weight excluding hydrogens is 192 g/mol. The molecule has 0 aromatic heterocycles. The van der Waals surface area contributed by atoms with E-state index in [9.17, 15) is 5.11 Å². The second-order valence-corrected chi connectivity index (χ2v) is 4.62. The summed E-state index contributed by atoms with van der Waals surface area (Å²) in [4.78, 5) is 1.29. The third kappa shape index (κ3) is 3.72. The van der Waals surface area contributed by atoms with E-state index in [0.29, 0.717) is 0 Å². The second kappa shape index (κ2) is 6.10. The third-order valence-electron chi connectivity index (χ3n) is 2.13. The van der Waals surface area contributed by atoms with E-state index < -0.39 is 0 Å². The minimum Gasteiger partial charge on any atom is -0.389 e. The standard InChI is InChI=1S/C12H18OS/c1-3-4-9-14-12-7-5-11(6-8-12)10(2)13/h5-8,10,13H,3-4,9H2,1-2H3/t10-/m0/s1. The summed E-state index contributed by atoms with van der Waals surface area (Å²) >= 11 is 1.88. The van der Waals surface area contributed by atoms with Crippen molar-refractivity contribution in [3.05, 3.63) is 29.8 Å². The quantitative estimate of drug-likeness (QED) is 0.591. The maximum Gasteiger partial charge on any atom is 0.0761 e. The summed E-state index contributed by atoms with van der Waals surface area (Å²) in [5, 5.41) is 9.32. The molecule has 1 aromatic rings. The summed E-state index contributed by atoms with van der Waals surface area (Å²) in [7, 11) is 0. The van der Waals surface area contributed by atoms with Gasteiger partial charge in [-0.2, -0.15) is 0 Å². The average Bonchev–Trinajstić information content (AvgIpc) is 2.19. The first-order valence-electron chi connectivity index (χ1n) is 5.15. The highest BCUT2D eigenvalue weighted by Gasteiger charge is 1.99. The van der Waals surface area contributed by atoms with Crippen molar-refractivity contribution < 1.29 is 5.11 Å². The Morgan fingerprint density at radius 2 is 1.93 bits per heavy atom. The molecule has 0 aliphatic carbocycles. The molecule has 1 nitrogen and oxygen atoms in total. The van der Waals surface area contributed by atoms with Gasteiger partial charge >= 0.3 is 0 Å². The molecule has 0 amide bonds. The van der Waals surface area contributed by atoms with Gasteiger partial charge < -0.3 is 5.11 Å². The zero-order valence-electron chi connectivity index (χ0n) is 8.86. The minimum absolute atomic E-state index is 0.357. The molecule has 0 unspecified atom stereocenters. The molecule has 1 aromatic carbocycles. The normalized spacial score (nSPS) is 12.8. The Bertz CT molecular complexity index is 254. The van der Waals surface area contributed by atoms with Gasteiger partial charge in [0.15, 0.2) is 0 Å². The molecule has 78 valence electrons. The van der Waals surface area contributed by atoms with Crippen LogP contribution < -0.4 is 0 Å². The third-order valence-corrected chi connectivity index (χ3v) is 3.23. The molecule has 1 atom stereocenters. The summed E-state index contributed by atoms with van der Waals surface area (Å²) < 4.78 is 0. The lowest BCUT2D eigenvalue weighted by atomic mass is 10.1. The van der Waals surface area contributed by atoms with Crippen LogP contribution in [0.4, 0.5) is 0 Å². The second-order valence-electron chi connectivity index (χ2n) is 3.45. The Kier molecular flexibility index (Phi) is 5.05. The fourth-order valence-electron chi connectivity index (χ4n) is 1.18. The van der Waals surface area contributed by atoms with E-state index in [1.165, 1.54) is 23.5 Å². The lowest BCUT2D eigenvalue weighted by molar-refractivity contribution is 0.199. The Balaban J connectivity index is 2.47. The monoisotopic (exact) mass is 210 g/mol. The number of hydrogen-bond acceptors (Lipinski definition) is 2. The van der Waals surface area contributed by atoms with Gasteiger partial charge in [0.05, 0.1) is 6.10 Å². The van der Waals surface area contributed by atoms with Crippen LogP contribution in [0.2, 0.25) is 0 Å². The van der Waals surface area contributed by atoms with Crippen LogP contribution in [-0.4, -0.2) is 10.9 Å². The van der Waals surface area contributed by atoms with E-state index in [1.807, 2.05) is 23.9 Å². The molecule has 1 N–H and O–H groups in total. The first-order chi connectivity index (χ1) is 6.74. The van der Waals surface area contributed by atoms with E-state index in [1.54, 1.807) is 6.92 Å². The van der Waals surface area contributed by atoms with Crippen LogP contribution in [0.5, 0.6) is 0 Å². The van der Waals surface area contributed by atoms with E-state index in [-0.39, 0.29) is 6.10 Å². The lowest BCUT2D eigenvalue weighted by Gasteiger charge is -2.05. The number of aliphatic hydroxyl groups is 1. The van der Waals surface area contributed by atoms with Crippen LogP contribution in [0.15, 0.2) is 29.2 Å². The van der Waals surface area contributed by atoms with Crippen molar-refractivity contribution in [3.63, 3.8) is 0 Å². The van der Waals surface area contributed by atoms with E-state index in [0.717, 1.165) is 5.56 Å². The molecule has 0 spiro atoms. The van der Waals surface area contributed by atoms with E-state index in [4.69, 9.17) is 0 Å². The van der Waals surface area contributed by atoms with Gasteiger partial charge in [0, 0.05) is 4.90 Å². The fraction of sp³-hybridized carbons (Fsp3) is 0.500. The predicted molar refractivity (Wildman–Crippen MR) is 62.7 cm³/mol. The smallest absolute Gasteiger partial charge is 0.0761 e. The van der Waals surface area contributed by atoms with Crippen molar-refractivity contribution in [2.45, 2.75) is 37.7 Å². The summed E-state index contributed by atoms with van der Waals surface area (Å²) in [6.45, 7) is 4.00. The van der Waals surface area contributed by atoms with Crippen molar-refractivity contribution in [2.24, 2.45) is 0 Å². The molecule has 0 saturated carbocycles. The van der Waals surface area contributed by atoms with Crippen molar-refractivity contribution in [3.8, 4) is 0 Å². The van der Waals surface area contributed by atoms with E-state index >= 15 is 0 Å². The van der Waals surface area contributed by atoms with Gasteiger partial charge in [-0.3, -0.25) is 0 Å². The van der Waals surface area contributed by atoms with Crippen molar-refractivity contribution in [2.75, 3.05) is 5.75 Å². The Hall–Kier alpha value is -0.470. The summed E-state index contributed by atoms with van der Waals surface area (Å²) in [6, 6.07) is 8.17. The van der Waals surface area contributed by atoms with Crippen LogP contribution in [-0.2, 0) is 0 Å². The first kappa shape index (κ1) is 11.6. The molecule has 0 fully saturated rings. The van der Waals surface area contributed by atoms with Gasteiger partial charge in [-0.25, -0.2) is 0 Å². The molecule has 0 aliphatic heterocycles. The van der Waals surface area contributed by atoms with Gasteiger partial charge in [0.2, 0.25) is 0 Å². The van der Waals surface area contributed by atoms with Gasteiger partial charge in [-0.05, 0) is 36.8 Å². The van der Waals surface area contributed by atoms with Crippen LogP contribution in [0.1, 0.15) is 38.4 Å². The molecule has 0 saturated heterocycles. The maximum atomic E-state index is 9.32. The summed E-state index contributed by atoms with van der Waals surface area (Å²) in [5.41, 5.74) is 0.991. The van der Waals surface area contributed by atoms with Crippen molar-refractivity contribution in [1.29, 1.82) is 0 Å². The molecular formula is C12H18OS. The number of thioether (sulfide) groups is 1. The Morgan fingerprint density at radius 3 is 2.43 bits per heavy atom. The van der Waals surface area contributed by atoms with Crippen LogP contribution in [0, 0.1) is 0 Å². The highest BCUT2D eigenvalue weighted by molar-refractivity contribution is 7.99. The molecule has 14 heavy (non-hydrogen) atoms. The lowest BCUT2D eigenvalue weighted by Crippen LogP contribution is -1.89. The number of hydrogen-bond donors (Lipinski definition) is 1. The van der Waals surface area contributed by atoms with Crippen molar-refractivity contribution >= 4 is 11.8 Å². The minimum atomic E-state index is -0.357. The van der Waals surface area contributed by atoms with Crippen LogP contribution in [0.3, 0.4) is 0 Å². The molecule has 0 heterocycles. The van der Waals surface area contributed by atoms with Gasteiger partial charge in [0.1, 0.15) is 0 Å². The largest absolute Gasteiger partial charge is 0.389 e. The Labute approximate surface area is 90.5 Å². The van der Waals surface area contributed by atoms with Crippen LogP contribution in [0.25, 0.3) is 0 Å². The van der Waals surface area contributed by atoms with Crippen LogP contribution >= 0.6 is 11.8 Å². The highest BCUT2D eigenvalue weighted by Crippen LogP contribution is 2.21. The first-order valence-corrected chi connectivity index (χ1v) is 6.13. The zero-order chi connectivity index (χ0) is 10.4. The molecule has 1 rings (SSSR count). The fourth-order valence-corrected chi connectivity index (χ4v) is 2.17. The summed E-state index contributed by atoms with van der Waals surface area (Å²) in [6.07, 6.45) is 2.16. The molecule has 0 bridgehead atoms. The zero-order valence-corrected chi connectivity index (χ0v) is 9.68. The van der Waals surface area contributed by atoms with Gasteiger partial charge in [-0.1, -0.05) is 25.5 Å². The van der Waals surface area contributed by atoms with Gasteiger partial charge in [-0.15, -0.1) is 11.8 Å². The highest BCUT2D eigenvalue weighted by atomic mass is 32.2. The number of unbranched alkanes of at least 4 members (excludes halogenated alkanes) is 1. The number of rotatable bonds is 5. The number of benzene rings is 1. The predicted octanol–water partition coefficient (Wildman–Crippen LogP) is 3.63. The molecule has 0 radical (unpaired) electrons.